The number of aryl methyl sites for hydroxylation is 1. The maximum absolute atomic E-state index is 12.5. The van der Waals surface area contributed by atoms with Crippen LogP contribution in [0.15, 0.2) is 48.5 Å². The van der Waals surface area contributed by atoms with Crippen molar-refractivity contribution in [3.63, 3.8) is 0 Å². The first-order chi connectivity index (χ1) is 13.0. The number of phenolic OH excluding ortho intramolecular Hbond substituents is 1. The molecule has 2 aromatic rings. The average molecular weight is 368 g/mol. The summed E-state index contributed by atoms with van der Waals surface area (Å²) in [6.07, 6.45) is 1.39. The van der Waals surface area contributed by atoms with E-state index in [1.807, 2.05) is 31.2 Å². The molecule has 0 bridgehead atoms. The van der Waals surface area contributed by atoms with Crippen LogP contribution < -0.4 is 10.1 Å². The molecule has 1 fully saturated rings. The lowest BCUT2D eigenvalue weighted by Gasteiger charge is -2.32. The molecule has 0 radical (unpaired) electrons. The zero-order valence-corrected chi connectivity index (χ0v) is 15.4. The minimum absolute atomic E-state index is 0.0223. The predicted molar refractivity (Wildman–Crippen MR) is 102 cm³/mol. The third-order valence-corrected chi connectivity index (χ3v) is 4.63. The van der Waals surface area contributed by atoms with Gasteiger partial charge < -0.3 is 20.1 Å². The van der Waals surface area contributed by atoms with Crippen LogP contribution >= 0.6 is 0 Å². The molecule has 2 aromatic carbocycles. The average Bonchev–Trinajstić information content (AvgIpc) is 2.67. The Bertz CT molecular complexity index is 796. The predicted octanol–water partition coefficient (Wildman–Crippen LogP) is 2.50. The molecule has 0 unspecified atom stereocenters. The van der Waals surface area contributed by atoms with Crippen LogP contribution in [0.5, 0.6) is 11.5 Å². The number of ether oxygens (including phenoxy) is 1. The number of nitrogens with one attached hydrogen (secondary N) is 1. The van der Waals surface area contributed by atoms with Crippen LogP contribution in [-0.4, -0.2) is 47.6 Å². The Balaban J connectivity index is 1.43. The van der Waals surface area contributed by atoms with Gasteiger partial charge in [-0.25, -0.2) is 0 Å². The van der Waals surface area contributed by atoms with Crippen molar-refractivity contribution in [1.82, 2.24) is 10.2 Å². The van der Waals surface area contributed by atoms with Crippen LogP contribution in [0.25, 0.3) is 0 Å². The standard InChI is InChI=1S/C21H24N2O4/c1-15-5-7-19(8-6-15)27-14-20(25)22-17-9-11-23(12-10-17)21(26)16-3-2-4-18(24)13-16/h2-8,13,17,24H,9-12,14H2,1H3,(H,22,25). The van der Waals surface area contributed by atoms with Gasteiger partial charge in [-0.15, -0.1) is 0 Å². The lowest BCUT2D eigenvalue weighted by molar-refractivity contribution is -0.124. The smallest absolute Gasteiger partial charge is 0.258 e. The lowest BCUT2D eigenvalue weighted by Crippen LogP contribution is -2.47. The molecule has 27 heavy (non-hydrogen) atoms. The summed E-state index contributed by atoms with van der Waals surface area (Å²) >= 11 is 0. The normalized spacial score (nSPS) is 14.6. The SMILES string of the molecule is Cc1ccc(OCC(=O)NC2CCN(C(=O)c3cccc(O)c3)CC2)cc1. The van der Waals surface area contributed by atoms with Gasteiger partial charge in [0.1, 0.15) is 11.5 Å². The summed E-state index contributed by atoms with van der Waals surface area (Å²) in [7, 11) is 0. The largest absolute Gasteiger partial charge is 0.508 e. The third kappa shape index (κ3) is 5.23. The fourth-order valence-corrected chi connectivity index (χ4v) is 3.10. The molecule has 0 atom stereocenters. The van der Waals surface area contributed by atoms with E-state index in [-0.39, 0.29) is 30.2 Å². The molecule has 0 aromatic heterocycles. The molecule has 1 aliphatic heterocycles. The number of hydrogen-bond donors (Lipinski definition) is 2. The van der Waals surface area contributed by atoms with Gasteiger partial charge in [0, 0.05) is 24.7 Å². The number of phenols is 1. The van der Waals surface area contributed by atoms with Gasteiger partial charge >= 0.3 is 0 Å². The second-order valence-electron chi connectivity index (χ2n) is 6.79. The topological polar surface area (TPSA) is 78.9 Å². The zero-order chi connectivity index (χ0) is 19.2. The van der Waals surface area contributed by atoms with Crippen molar-refractivity contribution in [3.8, 4) is 11.5 Å². The monoisotopic (exact) mass is 368 g/mol. The van der Waals surface area contributed by atoms with Gasteiger partial charge in [-0.05, 0) is 50.1 Å². The number of aromatic hydroxyl groups is 1. The highest BCUT2D eigenvalue weighted by molar-refractivity contribution is 5.94. The molecule has 1 aliphatic rings. The van der Waals surface area contributed by atoms with Crippen LogP contribution in [0.2, 0.25) is 0 Å². The summed E-state index contributed by atoms with van der Waals surface area (Å²) in [6, 6.07) is 14.0. The number of carbonyl (C=O) groups excluding carboxylic acids is 2. The number of hydrogen-bond acceptors (Lipinski definition) is 4. The van der Waals surface area contributed by atoms with Gasteiger partial charge in [-0.1, -0.05) is 23.8 Å². The third-order valence-electron chi connectivity index (χ3n) is 4.63. The van der Waals surface area contributed by atoms with Gasteiger partial charge in [0.2, 0.25) is 0 Å². The Morgan fingerprint density at radius 2 is 1.85 bits per heavy atom. The highest BCUT2D eigenvalue weighted by Gasteiger charge is 2.24. The molecule has 6 heteroatoms. The molecule has 142 valence electrons. The van der Waals surface area contributed by atoms with E-state index in [0.717, 1.165) is 5.56 Å². The maximum atomic E-state index is 12.5. The minimum Gasteiger partial charge on any atom is -0.508 e. The van der Waals surface area contributed by atoms with Gasteiger partial charge in [-0.3, -0.25) is 9.59 Å². The zero-order valence-electron chi connectivity index (χ0n) is 15.4. The first kappa shape index (κ1) is 18.8. The summed E-state index contributed by atoms with van der Waals surface area (Å²) in [5.41, 5.74) is 1.61. The van der Waals surface area contributed by atoms with Crippen LogP contribution in [-0.2, 0) is 4.79 Å². The second-order valence-corrected chi connectivity index (χ2v) is 6.79. The van der Waals surface area contributed by atoms with Crippen LogP contribution in [0.3, 0.4) is 0 Å². The maximum Gasteiger partial charge on any atom is 0.258 e. The first-order valence-corrected chi connectivity index (χ1v) is 9.08. The molecule has 2 amide bonds. The summed E-state index contributed by atoms with van der Waals surface area (Å²) in [6.45, 7) is 3.11. The Kier molecular flexibility index (Phi) is 5.96. The molecule has 0 spiro atoms. The molecule has 1 saturated heterocycles. The van der Waals surface area contributed by atoms with E-state index in [0.29, 0.717) is 37.2 Å². The number of rotatable bonds is 5. The van der Waals surface area contributed by atoms with Crippen molar-refractivity contribution in [2.24, 2.45) is 0 Å². The van der Waals surface area contributed by atoms with Gasteiger partial charge in [0.15, 0.2) is 6.61 Å². The van der Waals surface area contributed by atoms with Crippen molar-refractivity contribution < 1.29 is 19.4 Å². The molecule has 1 heterocycles. The summed E-state index contributed by atoms with van der Waals surface area (Å²) in [5.74, 6) is 0.491. The Labute approximate surface area is 158 Å². The molecular weight excluding hydrogens is 344 g/mol. The van der Waals surface area contributed by atoms with E-state index in [4.69, 9.17) is 4.74 Å². The van der Waals surface area contributed by atoms with Crippen molar-refractivity contribution >= 4 is 11.8 Å². The molecule has 6 nitrogen and oxygen atoms in total. The summed E-state index contributed by atoms with van der Waals surface area (Å²) < 4.78 is 5.49. The highest BCUT2D eigenvalue weighted by atomic mass is 16.5. The van der Waals surface area contributed by atoms with E-state index in [1.165, 1.54) is 12.1 Å². The van der Waals surface area contributed by atoms with E-state index in [2.05, 4.69) is 5.32 Å². The second kappa shape index (κ2) is 8.58. The van der Waals surface area contributed by atoms with Crippen molar-refractivity contribution in [2.45, 2.75) is 25.8 Å². The van der Waals surface area contributed by atoms with Crippen LogP contribution in [0.4, 0.5) is 0 Å². The quantitative estimate of drug-likeness (QED) is 0.850. The number of benzene rings is 2. The van der Waals surface area contributed by atoms with Crippen LogP contribution in [0.1, 0.15) is 28.8 Å². The Morgan fingerprint density at radius 3 is 2.52 bits per heavy atom. The van der Waals surface area contributed by atoms with E-state index in [1.54, 1.807) is 17.0 Å². The fraction of sp³-hybridized carbons (Fsp3) is 0.333. The Morgan fingerprint density at radius 1 is 1.15 bits per heavy atom. The minimum atomic E-state index is -0.159. The lowest BCUT2D eigenvalue weighted by atomic mass is 10.0. The van der Waals surface area contributed by atoms with Crippen LogP contribution in [0, 0.1) is 6.92 Å². The number of piperidine rings is 1. The summed E-state index contributed by atoms with van der Waals surface area (Å²) in [4.78, 5) is 26.3. The number of carbonyl (C=O) groups is 2. The molecule has 2 N–H and O–H groups in total. The van der Waals surface area contributed by atoms with Crippen molar-refractivity contribution in [2.75, 3.05) is 19.7 Å². The first-order valence-electron chi connectivity index (χ1n) is 9.08. The van der Waals surface area contributed by atoms with Gasteiger partial charge in [-0.2, -0.15) is 0 Å². The highest BCUT2D eigenvalue weighted by Crippen LogP contribution is 2.17. The Hall–Kier alpha value is -3.02. The number of amides is 2. The molecule has 0 saturated carbocycles. The molecular formula is C21H24N2O4. The van der Waals surface area contributed by atoms with Gasteiger partial charge in [0.25, 0.3) is 11.8 Å². The van der Waals surface area contributed by atoms with Gasteiger partial charge in [0.05, 0.1) is 0 Å². The van der Waals surface area contributed by atoms with Crippen molar-refractivity contribution in [3.05, 3.63) is 59.7 Å². The number of likely N-dealkylation sites (tertiary alicyclic amines) is 1. The molecule has 0 aliphatic carbocycles. The fourth-order valence-electron chi connectivity index (χ4n) is 3.10. The van der Waals surface area contributed by atoms with Crippen molar-refractivity contribution in [1.29, 1.82) is 0 Å². The molecule has 3 rings (SSSR count). The number of nitrogens with zero attached hydrogens (tertiary/aromatic N) is 1. The van der Waals surface area contributed by atoms with E-state index in [9.17, 15) is 14.7 Å². The summed E-state index contributed by atoms with van der Waals surface area (Å²) in [5, 5.41) is 12.5. The van der Waals surface area contributed by atoms with E-state index < -0.39 is 0 Å². The van der Waals surface area contributed by atoms with E-state index >= 15 is 0 Å².